The van der Waals surface area contributed by atoms with Crippen molar-refractivity contribution in [3.8, 4) is 0 Å². The molecule has 0 saturated carbocycles. The molecule has 0 saturated heterocycles. The molecule has 0 spiro atoms. The molecule has 0 aliphatic heterocycles. The first kappa shape index (κ1) is 12.1. The smallest absolute Gasteiger partial charge is 0.207 e. The zero-order chi connectivity index (χ0) is 12.4. The molecule has 1 aromatic rings. The van der Waals surface area contributed by atoms with E-state index >= 15 is 0 Å². The van der Waals surface area contributed by atoms with Crippen LogP contribution in [0.1, 0.15) is 0 Å². The molecule has 0 atom stereocenters. The third kappa shape index (κ3) is 1.95. The molecule has 2 rings (SSSR count). The van der Waals surface area contributed by atoms with Crippen molar-refractivity contribution >= 4 is 0 Å². The molecule has 92 valence electrons. The number of aromatic nitrogens is 1. The van der Waals surface area contributed by atoms with Crippen molar-refractivity contribution in [2.45, 2.75) is 11.5 Å². The lowest BCUT2D eigenvalue weighted by Gasteiger charge is -2.35. The van der Waals surface area contributed by atoms with Crippen molar-refractivity contribution in [1.82, 2.24) is 4.57 Å². The van der Waals surface area contributed by atoms with Gasteiger partial charge in [-0.15, -0.1) is 0 Å². The highest BCUT2D eigenvalue weighted by molar-refractivity contribution is 5.26. The summed E-state index contributed by atoms with van der Waals surface area (Å²) in [5.41, 5.74) is -0.607. The zero-order valence-electron chi connectivity index (χ0n) is 10.3. The lowest BCUT2D eigenvalue weighted by molar-refractivity contribution is -0.138. The van der Waals surface area contributed by atoms with Gasteiger partial charge in [0.1, 0.15) is 0 Å². The topological polar surface area (TPSA) is 32.6 Å². The first-order valence-electron chi connectivity index (χ1n) is 5.40. The quantitative estimate of drug-likeness (QED) is 0.590. The third-order valence-corrected chi connectivity index (χ3v) is 3.08. The van der Waals surface area contributed by atoms with Crippen LogP contribution in [0.4, 0.5) is 0 Å². The summed E-state index contributed by atoms with van der Waals surface area (Å²) in [5, 5.41) is 0. The Hall–Kier alpha value is -1.36. The predicted molar refractivity (Wildman–Crippen MR) is 64.4 cm³/mol. The molecular formula is C13H17NO3. The summed E-state index contributed by atoms with van der Waals surface area (Å²) >= 11 is 0. The minimum atomic E-state index is -0.796. The maximum absolute atomic E-state index is 5.58. The fraction of sp³-hybridized carbons (Fsp3) is 0.385. The molecule has 0 unspecified atom stereocenters. The fourth-order valence-corrected chi connectivity index (χ4v) is 1.92. The van der Waals surface area contributed by atoms with Gasteiger partial charge in [-0.25, -0.2) is 0 Å². The average Bonchev–Trinajstić information content (AvgIpc) is 2.93. The Kier molecular flexibility index (Phi) is 3.19. The van der Waals surface area contributed by atoms with E-state index in [1.54, 1.807) is 21.3 Å². The summed E-state index contributed by atoms with van der Waals surface area (Å²) in [6.07, 6.45) is 11.4. The second-order valence-electron chi connectivity index (χ2n) is 3.84. The van der Waals surface area contributed by atoms with E-state index in [0.717, 1.165) is 0 Å². The molecule has 0 N–H and O–H groups in total. The Morgan fingerprint density at radius 3 is 1.71 bits per heavy atom. The first-order valence-corrected chi connectivity index (χ1v) is 5.40. The highest BCUT2D eigenvalue weighted by Gasteiger charge is 2.34. The highest BCUT2D eigenvalue weighted by Crippen LogP contribution is 2.30. The Balaban J connectivity index is 2.34. The van der Waals surface area contributed by atoms with Gasteiger partial charge in [-0.3, -0.25) is 0 Å². The SMILES string of the molecule is COC1(OC)C=CC(OC)(n2cccc2)C=C1. The lowest BCUT2D eigenvalue weighted by atomic mass is 10.0. The molecule has 0 radical (unpaired) electrons. The number of methoxy groups -OCH3 is 3. The van der Waals surface area contributed by atoms with Gasteiger partial charge in [0.15, 0.2) is 5.72 Å². The van der Waals surface area contributed by atoms with Crippen LogP contribution in [-0.2, 0) is 19.9 Å². The van der Waals surface area contributed by atoms with Gasteiger partial charge < -0.3 is 18.8 Å². The number of hydrogen-bond donors (Lipinski definition) is 0. The van der Waals surface area contributed by atoms with Gasteiger partial charge in [-0.05, 0) is 36.4 Å². The molecule has 1 heterocycles. The second kappa shape index (κ2) is 4.49. The van der Waals surface area contributed by atoms with Crippen molar-refractivity contribution in [3.63, 3.8) is 0 Å². The van der Waals surface area contributed by atoms with Gasteiger partial charge in [0.2, 0.25) is 5.79 Å². The van der Waals surface area contributed by atoms with Crippen LogP contribution in [-0.4, -0.2) is 31.7 Å². The van der Waals surface area contributed by atoms with Crippen molar-refractivity contribution in [1.29, 1.82) is 0 Å². The second-order valence-corrected chi connectivity index (χ2v) is 3.84. The minimum absolute atomic E-state index is 0.607. The van der Waals surface area contributed by atoms with E-state index in [1.165, 1.54) is 0 Å². The lowest BCUT2D eigenvalue weighted by Crippen LogP contribution is -2.38. The largest absolute Gasteiger partial charge is 0.351 e. The van der Waals surface area contributed by atoms with Crippen molar-refractivity contribution in [2.24, 2.45) is 0 Å². The van der Waals surface area contributed by atoms with Crippen LogP contribution in [0.2, 0.25) is 0 Å². The Morgan fingerprint density at radius 2 is 1.29 bits per heavy atom. The van der Waals surface area contributed by atoms with E-state index < -0.39 is 11.5 Å². The maximum Gasteiger partial charge on any atom is 0.207 e. The predicted octanol–water partition coefficient (Wildman–Crippen LogP) is 1.90. The van der Waals surface area contributed by atoms with Crippen LogP contribution in [0.3, 0.4) is 0 Å². The van der Waals surface area contributed by atoms with Gasteiger partial charge in [0.25, 0.3) is 0 Å². The summed E-state index contributed by atoms with van der Waals surface area (Å²) in [6.45, 7) is 0. The van der Waals surface area contributed by atoms with E-state index in [9.17, 15) is 0 Å². The van der Waals surface area contributed by atoms with Gasteiger partial charge in [0.05, 0.1) is 0 Å². The van der Waals surface area contributed by atoms with E-state index in [0.29, 0.717) is 0 Å². The Labute approximate surface area is 101 Å². The van der Waals surface area contributed by atoms with E-state index in [-0.39, 0.29) is 0 Å². The third-order valence-electron chi connectivity index (χ3n) is 3.08. The first-order chi connectivity index (χ1) is 8.20. The standard InChI is InChI=1S/C13H17NO3/c1-15-12(14-10-4-5-11-14)6-8-13(16-2,17-3)9-7-12/h4-11H,1-3H3. The van der Waals surface area contributed by atoms with E-state index in [4.69, 9.17) is 14.2 Å². The van der Waals surface area contributed by atoms with Crippen LogP contribution in [0.5, 0.6) is 0 Å². The van der Waals surface area contributed by atoms with Gasteiger partial charge in [-0.1, -0.05) is 0 Å². The molecule has 1 aromatic heterocycles. The molecule has 0 bridgehead atoms. The van der Waals surface area contributed by atoms with Gasteiger partial charge in [-0.2, -0.15) is 0 Å². The van der Waals surface area contributed by atoms with Crippen molar-refractivity contribution < 1.29 is 14.2 Å². The molecule has 17 heavy (non-hydrogen) atoms. The molecule has 4 heteroatoms. The van der Waals surface area contributed by atoms with Crippen LogP contribution in [0, 0.1) is 0 Å². The van der Waals surface area contributed by atoms with Crippen LogP contribution >= 0.6 is 0 Å². The summed E-state index contributed by atoms with van der Waals surface area (Å²) in [6, 6.07) is 3.91. The highest BCUT2D eigenvalue weighted by atomic mass is 16.7. The molecule has 0 aromatic carbocycles. The Morgan fingerprint density at radius 1 is 0.765 bits per heavy atom. The van der Waals surface area contributed by atoms with Gasteiger partial charge >= 0.3 is 0 Å². The number of nitrogens with zero attached hydrogens (tertiary/aromatic N) is 1. The summed E-state index contributed by atoms with van der Waals surface area (Å²) in [7, 11) is 4.88. The fourth-order valence-electron chi connectivity index (χ4n) is 1.92. The summed E-state index contributed by atoms with van der Waals surface area (Å²) in [5.74, 6) is -0.796. The monoisotopic (exact) mass is 235 g/mol. The minimum Gasteiger partial charge on any atom is -0.351 e. The van der Waals surface area contributed by atoms with E-state index in [1.807, 2.05) is 53.4 Å². The van der Waals surface area contributed by atoms with Gasteiger partial charge in [0, 0.05) is 33.7 Å². The maximum atomic E-state index is 5.58. The van der Waals surface area contributed by atoms with Crippen molar-refractivity contribution in [3.05, 3.63) is 48.8 Å². The zero-order valence-corrected chi connectivity index (χ0v) is 10.3. The molecule has 0 fully saturated rings. The molecular weight excluding hydrogens is 218 g/mol. The normalized spacial score (nSPS) is 20.6. The average molecular weight is 235 g/mol. The summed E-state index contributed by atoms with van der Waals surface area (Å²) in [4.78, 5) is 0. The number of ether oxygens (including phenoxy) is 3. The molecule has 0 amide bonds. The van der Waals surface area contributed by atoms with Crippen LogP contribution in [0.25, 0.3) is 0 Å². The summed E-state index contributed by atoms with van der Waals surface area (Å²) < 4.78 is 18.2. The van der Waals surface area contributed by atoms with Crippen LogP contribution < -0.4 is 0 Å². The van der Waals surface area contributed by atoms with E-state index in [2.05, 4.69) is 0 Å². The number of hydrogen-bond acceptors (Lipinski definition) is 3. The molecule has 1 aliphatic rings. The number of rotatable bonds is 4. The van der Waals surface area contributed by atoms with Crippen LogP contribution in [0.15, 0.2) is 48.8 Å². The van der Waals surface area contributed by atoms with Crippen molar-refractivity contribution in [2.75, 3.05) is 21.3 Å². The molecule has 4 nitrogen and oxygen atoms in total. The molecule has 1 aliphatic carbocycles. The Bertz CT molecular complexity index is 400.